The Morgan fingerprint density at radius 3 is 3.25 bits per heavy atom. The van der Waals surface area contributed by atoms with Crippen LogP contribution in [0, 0.1) is 11.3 Å². The van der Waals surface area contributed by atoms with Gasteiger partial charge in [0.15, 0.2) is 11.3 Å². The van der Waals surface area contributed by atoms with Gasteiger partial charge in [-0.2, -0.15) is 5.26 Å². The molecule has 24 heavy (non-hydrogen) atoms. The first-order chi connectivity index (χ1) is 11.8. The highest BCUT2D eigenvalue weighted by molar-refractivity contribution is 6.08. The first-order valence-electron chi connectivity index (χ1n) is 7.76. The van der Waals surface area contributed by atoms with Gasteiger partial charge in [-0.05, 0) is 18.6 Å². The molecule has 1 fully saturated rings. The monoisotopic (exact) mass is 321 g/mol. The molecule has 0 bridgehead atoms. The van der Waals surface area contributed by atoms with E-state index in [2.05, 4.69) is 30.4 Å². The Labute approximate surface area is 137 Å². The maximum Gasteiger partial charge on any atom is 0.234 e. The van der Waals surface area contributed by atoms with Crippen LogP contribution in [0.3, 0.4) is 0 Å². The molecule has 0 radical (unpaired) electrons. The molecule has 0 aliphatic carbocycles. The first kappa shape index (κ1) is 14.4. The number of nitrogens with one attached hydrogen (secondary N) is 2. The molecule has 1 unspecified atom stereocenters. The number of carbonyl (C=O) groups excluding carboxylic acids is 1. The molecule has 1 aliphatic heterocycles. The van der Waals surface area contributed by atoms with Gasteiger partial charge in [0.1, 0.15) is 6.42 Å². The molecule has 0 spiro atoms. The van der Waals surface area contributed by atoms with Gasteiger partial charge in [-0.3, -0.25) is 4.79 Å². The van der Waals surface area contributed by atoms with Gasteiger partial charge in [-0.15, -0.1) is 10.2 Å². The number of pyridine rings is 1. The van der Waals surface area contributed by atoms with E-state index in [1.54, 1.807) is 6.20 Å². The number of amides is 1. The number of rotatable bonds is 3. The van der Waals surface area contributed by atoms with Gasteiger partial charge in [0.2, 0.25) is 5.91 Å². The van der Waals surface area contributed by atoms with Crippen LogP contribution < -0.4 is 10.2 Å². The van der Waals surface area contributed by atoms with Crippen LogP contribution in [0.4, 0.5) is 5.69 Å². The lowest BCUT2D eigenvalue weighted by atomic mass is 10.2. The second kappa shape index (κ2) is 5.77. The fraction of sp³-hybridized carbons (Fsp3) is 0.312. The number of anilines is 1. The maximum absolute atomic E-state index is 11.6. The fourth-order valence-electron chi connectivity index (χ4n) is 3.23. The number of carbonyl (C=O) groups is 1. The van der Waals surface area contributed by atoms with Gasteiger partial charge in [0, 0.05) is 36.9 Å². The molecule has 1 saturated heterocycles. The normalized spacial score (nSPS) is 17.3. The van der Waals surface area contributed by atoms with E-state index in [4.69, 9.17) is 5.26 Å². The summed E-state index contributed by atoms with van der Waals surface area (Å²) in [6.45, 7) is 1.52. The third-order valence-corrected chi connectivity index (χ3v) is 4.28. The molecule has 8 nitrogen and oxygen atoms in total. The van der Waals surface area contributed by atoms with Crippen molar-refractivity contribution in [2.45, 2.75) is 18.9 Å². The number of nitrogens with zero attached hydrogens (tertiary/aromatic N) is 5. The molecule has 4 rings (SSSR count). The smallest absolute Gasteiger partial charge is 0.234 e. The van der Waals surface area contributed by atoms with Crippen LogP contribution in [-0.2, 0) is 4.79 Å². The lowest BCUT2D eigenvalue weighted by Gasteiger charge is -2.20. The molecular weight excluding hydrogens is 306 g/mol. The number of fused-ring (bicyclic) bond motifs is 3. The highest BCUT2D eigenvalue weighted by Gasteiger charge is 2.26. The maximum atomic E-state index is 11.6. The lowest BCUT2D eigenvalue weighted by molar-refractivity contribution is -0.120. The minimum Gasteiger partial charge on any atom is -0.369 e. The van der Waals surface area contributed by atoms with Crippen molar-refractivity contribution in [2.24, 2.45) is 0 Å². The van der Waals surface area contributed by atoms with Gasteiger partial charge in [0.25, 0.3) is 0 Å². The number of hydrogen-bond donors (Lipinski definition) is 2. The predicted octanol–water partition coefficient (Wildman–Crippen LogP) is 1.11. The highest BCUT2D eigenvalue weighted by Crippen LogP contribution is 2.31. The second-order valence-electron chi connectivity index (χ2n) is 5.80. The summed E-state index contributed by atoms with van der Waals surface area (Å²) in [6, 6.07) is 5.86. The summed E-state index contributed by atoms with van der Waals surface area (Å²) in [5.41, 5.74) is 2.38. The zero-order valence-corrected chi connectivity index (χ0v) is 12.9. The largest absolute Gasteiger partial charge is 0.369 e. The number of aromatic amines is 1. The van der Waals surface area contributed by atoms with Gasteiger partial charge >= 0.3 is 0 Å². The molecule has 0 saturated carbocycles. The summed E-state index contributed by atoms with van der Waals surface area (Å²) in [6.07, 6.45) is 4.31. The van der Waals surface area contributed by atoms with E-state index < -0.39 is 0 Å². The number of H-pyrrole nitrogens is 1. The van der Waals surface area contributed by atoms with Crippen LogP contribution >= 0.6 is 0 Å². The molecule has 3 aromatic rings. The average molecular weight is 321 g/mol. The van der Waals surface area contributed by atoms with Crippen molar-refractivity contribution in [3.05, 3.63) is 24.5 Å². The lowest BCUT2D eigenvalue weighted by Crippen LogP contribution is -2.36. The van der Waals surface area contributed by atoms with Crippen LogP contribution in [0.1, 0.15) is 12.8 Å². The Hall–Kier alpha value is -3.21. The predicted molar refractivity (Wildman–Crippen MR) is 88.2 cm³/mol. The standard InChI is InChI=1S/C16H15N7O/c17-5-1-13(24)20-10-4-8-23(9-10)12-3-7-19-16-14(12)11-2-6-18-15(11)21-22-16/h2-3,6-7,10H,1,4,8-9H2,(H,18,21)(H,20,24). The molecule has 4 heterocycles. The van der Waals surface area contributed by atoms with Crippen molar-refractivity contribution in [1.82, 2.24) is 25.5 Å². The zero-order chi connectivity index (χ0) is 16.5. The van der Waals surface area contributed by atoms with Crippen molar-refractivity contribution < 1.29 is 4.79 Å². The minimum atomic E-state index is -0.220. The van der Waals surface area contributed by atoms with Gasteiger partial charge in [-0.25, -0.2) is 4.98 Å². The van der Waals surface area contributed by atoms with E-state index in [1.165, 1.54) is 0 Å². The average Bonchev–Trinajstić information content (AvgIpc) is 3.23. The Morgan fingerprint density at radius 1 is 1.46 bits per heavy atom. The van der Waals surface area contributed by atoms with Crippen LogP contribution in [-0.4, -0.2) is 45.2 Å². The molecule has 1 atom stereocenters. The Kier molecular flexibility index (Phi) is 3.46. The van der Waals surface area contributed by atoms with Crippen LogP contribution in [0.2, 0.25) is 0 Å². The van der Waals surface area contributed by atoms with Crippen LogP contribution in [0.15, 0.2) is 24.5 Å². The van der Waals surface area contributed by atoms with Gasteiger partial charge in [0.05, 0.1) is 17.1 Å². The molecule has 8 heteroatoms. The number of nitriles is 1. The molecule has 3 aromatic heterocycles. The van der Waals surface area contributed by atoms with E-state index in [9.17, 15) is 4.79 Å². The Morgan fingerprint density at radius 2 is 2.38 bits per heavy atom. The van der Waals surface area contributed by atoms with Crippen LogP contribution in [0.25, 0.3) is 22.1 Å². The highest BCUT2D eigenvalue weighted by atomic mass is 16.1. The molecule has 0 aromatic carbocycles. The molecule has 1 aliphatic rings. The summed E-state index contributed by atoms with van der Waals surface area (Å²) in [5, 5.41) is 21.8. The molecular formula is C16H15N7O. The summed E-state index contributed by atoms with van der Waals surface area (Å²) in [5.74, 6) is -0.220. The van der Waals surface area contributed by atoms with E-state index in [-0.39, 0.29) is 18.4 Å². The summed E-state index contributed by atoms with van der Waals surface area (Å²) in [7, 11) is 0. The van der Waals surface area contributed by atoms with Gasteiger partial charge in [-0.1, -0.05) is 0 Å². The third-order valence-electron chi connectivity index (χ3n) is 4.28. The fourth-order valence-corrected chi connectivity index (χ4v) is 3.23. The van der Waals surface area contributed by atoms with E-state index in [1.807, 2.05) is 24.4 Å². The van der Waals surface area contributed by atoms with Gasteiger partial charge < -0.3 is 15.2 Å². The van der Waals surface area contributed by atoms with E-state index in [0.717, 1.165) is 35.1 Å². The second-order valence-corrected chi connectivity index (χ2v) is 5.80. The SMILES string of the molecule is N#CCC(=O)NC1CCN(c2ccnc3nnc4[nH]ccc4c23)C1. The Balaban J connectivity index is 1.67. The minimum absolute atomic E-state index is 0.0468. The first-order valence-corrected chi connectivity index (χ1v) is 7.76. The quantitative estimate of drug-likeness (QED) is 0.748. The van der Waals surface area contributed by atoms with E-state index >= 15 is 0 Å². The number of aromatic nitrogens is 4. The van der Waals surface area contributed by atoms with Crippen LogP contribution in [0.5, 0.6) is 0 Å². The van der Waals surface area contributed by atoms with Crippen molar-refractivity contribution >= 4 is 33.7 Å². The van der Waals surface area contributed by atoms with Crippen molar-refractivity contribution in [2.75, 3.05) is 18.0 Å². The van der Waals surface area contributed by atoms with E-state index in [0.29, 0.717) is 12.2 Å². The summed E-state index contributed by atoms with van der Waals surface area (Å²) >= 11 is 0. The molecule has 1 amide bonds. The Bertz CT molecular complexity index is 958. The van der Waals surface area contributed by atoms with Crippen molar-refractivity contribution in [3.8, 4) is 6.07 Å². The third kappa shape index (κ3) is 2.40. The topological polar surface area (TPSA) is 111 Å². The van der Waals surface area contributed by atoms with Crippen molar-refractivity contribution in [3.63, 3.8) is 0 Å². The molecule has 120 valence electrons. The summed E-state index contributed by atoms with van der Waals surface area (Å²) in [4.78, 5) is 21.2. The zero-order valence-electron chi connectivity index (χ0n) is 12.9. The summed E-state index contributed by atoms with van der Waals surface area (Å²) < 4.78 is 0. The number of hydrogen-bond acceptors (Lipinski definition) is 6. The molecule has 2 N–H and O–H groups in total. The van der Waals surface area contributed by atoms with Crippen molar-refractivity contribution in [1.29, 1.82) is 5.26 Å².